The maximum absolute atomic E-state index is 12.6. The first-order chi connectivity index (χ1) is 16.5. The number of aryl methyl sites for hydroxylation is 1. The van der Waals surface area contributed by atoms with Crippen LogP contribution in [0.1, 0.15) is 48.1 Å². The van der Waals surface area contributed by atoms with Crippen molar-refractivity contribution >= 4 is 32.4 Å². The topological polar surface area (TPSA) is 140 Å². The van der Waals surface area contributed by atoms with Crippen molar-refractivity contribution in [2.24, 2.45) is 0 Å². The van der Waals surface area contributed by atoms with Crippen LogP contribution in [0.25, 0.3) is 11.4 Å². The summed E-state index contributed by atoms with van der Waals surface area (Å²) in [7, 11) is -4.01. The van der Waals surface area contributed by atoms with Gasteiger partial charge < -0.3 is 4.52 Å². The van der Waals surface area contributed by atoms with E-state index in [0.29, 0.717) is 11.4 Å². The Morgan fingerprint density at radius 3 is 2.51 bits per heavy atom. The Kier molecular flexibility index (Phi) is 6.79. The van der Waals surface area contributed by atoms with Crippen molar-refractivity contribution in [2.75, 3.05) is 5.32 Å². The molecule has 4 aromatic rings. The largest absolute Gasteiger partial charge is 0.338 e. The van der Waals surface area contributed by atoms with Gasteiger partial charge in [0.05, 0.1) is 6.54 Å². The predicted octanol–water partition coefficient (Wildman–Crippen LogP) is 3.92. The molecule has 0 aliphatic rings. The molecule has 4 rings (SSSR count). The fraction of sp³-hybridized carbons (Fsp3) is 0.261. The Balaban J connectivity index is 1.39. The summed E-state index contributed by atoms with van der Waals surface area (Å²) in [5.74, 6) is 0.0494. The number of hydrogen-bond acceptors (Lipinski definition) is 9. The zero-order valence-electron chi connectivity index (χ0n) is 19.6. The Morgan fingerprint density at radius 1 is 1.09 bits per heavy atom. The average Bonchev–Trinajstić information content (AvgIpc) is 3.48. The van der Waals surface area contributed by atoms with Gasteiger partial charge in [-0.3, -0.25) is 10.1 Å². The van der Waals surface area contributed by atoms with Crippen molar-refractivity contribution in [1.82, 2.24) is 25.1 Å². The van der Waals surface area contributed by atoms with Crippen LogP contribution in [0.5, 0.6) is 0 Å². The Bertz CT molecular complexity index is 1450. The number of benzene rings is 2. The van der Waals surface area contributed by atoms with Crippen LogP contribution in [0.4, 0.5) is 5.13 Å². The number of sulfonamides is 1. The predicted molar refractivity (Wildman–Crippen MR) is 132 cm³/mol. The van der Waals surface area contributed by atoms with Gasteiger partial charge in [-0.25, -0.2) is 8.42 Å². The van der Waals surface area contributed by atoms with Crippen LogP contribution >= 0.6 is 11.3 Å². The highest BCUT2D eigenvalue weighted by Gasteiger charge is 2.22. The van der Waals surface area contributed by atoms with Crippen LogP contribution in [0.15, 0.2) is 57.4 Å². The van der Waals surface area contributed by atoms with E-state index in [4.69, 9.17) is 4.52 Å². The zero-order chi connectivity index (χ0) is 25.2. The molecule has 0 atom stereocenters. The number of nitrogens with zero attached hydrogens (tertiary/aromatic N) is 4. The quantitative estimate of drug-likeness (QED) is 0.355. The van der Waals surface area contributed by atoms with Gasteiger partial charge in [0.15, 0.2) is 0 Å². The normalized spacial score (nSPS) is 12.0. The maximum Gasteiger partial charge on any atom is 0.270 e. The van der Waals surface area contributed by atoms with Gasteiger partial charge in [0.1, 0.15) is 0 Å². The van der Waals surface area contributed by atoms with Gasteiger partial charge in [-0.1, -0.05) is 79.2 Å². The molecule has 0 spiro atoms. The average molecular weight is 513 g/mol. The molecule has 0 saturated heterocycles. The molecule has 2 aromatic heterocycles. The highest BCUT2D eigenvalue weighted by molar-refractivity contribution is 7.91. The van der Waals surface area contributed by atoms with Crippen LogP contribution in [0.2, 0.25) is 0 Å². The number of amides is 1. The molecule has 0 saturated carbocycles. The standard InChI is InChI=1S/C23H24N6O4S2/c1-14-6-5-7-16(12-14)20(30)26-21-27-28-22(34-21)35(31,32)24-13-18-25-19(29-33-18)15-8-10-17(11-9-15)23(2,3)4/h5-12,24H,13H2,1-4H3,(H,26,27,30). The van der Waals surface area contributed by atoms with Crippen molar-refractivity contribution < 1.29 is 17.7 Å². The van der Waals surface area contributed by atoms with E-state index in [9.17, 15) is 13.2 Å². The van der Waals surface area contributed by atoms with Gasteiger partial charge >= 0.3 is 0 Å². The van der Waals surface area contributed by atoms with Gasteiger partial charge in [-0.05, 0) is 30.0 Å². The molecule has 35 heavy (non-hydrogen) atoms. The van der Waals surface area contributed by atoms with Gasteiger partial charge in [-0.15, -0.1) is 10.2 Å². The zero-order valence-corrected chi connectivity index (χ0v) is 21.2. The second-order valence-corrected chi connectivity index (χ2v) is 11.8. The minimum atomic E-state index is -4.01. The van der Waals surface area contributed by atoms with E-state index in [0.717, 1.165) is 22.5 Å². The molecule has 0 fully saturated rings. The second-order valence-electron chi connectivity index (χ2n) is 8.86. The number of nitrogens with one attached hydrogen (secondary N) is 2. The molecule has 12 heteroatoms. The summed E-state index contributed by atoms with van der Waals surface area (Å²) in [6.45, 7) is 8.02. The summed E-state index contributed by atoms with van der Waals surface area (Å²) < 4.78 is 32.5. The first-order valence-corrected chi connectivity index (χ1v) is 13.0. The molecule has 2 N–H and O–H groups in total. The second kappa shape index (κ2) is 9.64. The minimum absolute atomic E-state index is 0.0210. The summed E-state index contributed by atoms with van der Waals surface area (Å²) in [5, 5.41) is 14.0. The molecule has 1 amide bonds. The first-order valence-electron chi connectivity index (χ1n) is 10.7. The highest BCUT2D eigenvalue weighted by Crippen LogP contribution is 2.25. The first kappa shape index (κ1) is 24.6. The van der Waals surface area contributed by atoms with Crippen molar-refractivity contribution in [3.63, 3.8) is 0 Å². The van der Waals surface area contributed by atoms with Crippen LogP contribution in [-0.4, -0.2) is 34.7 Å². The van der Waals surface area contributed by atoms with E-state index in [1.165, 1.54) is 5.56 Å². The third-order valence-electron chi connectivity index (χ3n) is 5.03. The van der Waals surface area contributed by atoms with E-state index in [1.807, 2.05) is 37.3 Å². The Morgan fingerprint density at radius 2 is 1.83 bits per heavy atom. The molecule has 0 bridgehead atoms. The third kappa shape index (κ3) is 5.96. The number of carbonyl (C=O) groups excluding carboxylic acids is 1. The Labute approximate surface area is 206 Å². The summed E-state index contributed by atoms with van der Waals surface area (Å²) in [6.07, 6.45) is 0. The lowest BCUT2D eigenvalue weighted by molar-refractivity contribution is 0.102. The minimum Gasteiger partial charge on any atom is -0.338 e. The van der Waals surface area contributed by atoms with Crippen molar-refractivity contribution in [3.05, 3.63) is 71.1 Å². The number of anilines is 1. The molecule has 0 radical (unpaired) electrons. The summed E-state index contributed by atoms with van der Waals surface area (Å²) in [6, 6.07) is 14.8. The number of carbonyl (C=O) groups is 1. The fourth-order valence-corrected chi connectivity index (χ4v) is 5.02. The number of aromatic nitrogens is 4. The molecule has 2 heterocycles. The van der Waals surface area contributed by atoms with E-state index in [1.54, 1.807) is 18.2 Å². The molecule has 182 valence electrons. The molecule has 0 aliphatic heterocycles. The van der Waals surface area contributed by atoms with Crippen LogP contribution < -0.4 is 10.0 Å². The lowest BCUT2D eigenvalue weighted by Gasteiger charge is -2.18. The number of rotatable bonds is 7. The van der Waals surface area contributed by atoms with E-state index in [-0.39, 0.29) is 27.3 Å². The molecule has 10 nitrogen and oxygen atoms in total. The van der Waals surface area contributed by atoms with Crippen LogP contribution in [-0.2, 0) is 22.0 Å². The molecular formula is C23H24N6O4S2. The van der Waals surface area contributed by atoms with Crippen LogP contribution in [0.3, 0.4) is 0 Å². The lowest BCUT2D eigenvalue weighted by atomic mass is 9.87. The summed E-state index contributed by atoms with van der Waals surface area (Å²) in [5.41, 5.74) is 3.31. The van der Waals surface area contributed by atoms with Crippen molar-refractivity contribution in [2.45, 2.75) is 44.0 Å². The van der Waals surface area contributed by atoms with Crippen molar-refractivity contribution in [3.8, 4) is 11.4 Å². The van der Waals surface area contributed by atoms with E-state index >= 15 is 0 Å². The molecular weight excluding hydrogens is 488 g/mol. The van der Waals surface area contributed by atoms with Gasteiger partial charge in [0.25, 0.3) is 15.9 Å². The fourth-order valence-electron chi connectivity index (χ4n) is 3.11. The van der Waals surface area contributed by atoms with Gasteiger partial charge in [0, 0.05) is 11.1 Å². The van der Waals surface area contributed by atoms with E-state index < -0.39 is 15.9 Å². The summed E-state index contributed by atoms with van der Waals surface area (Å²) in [4.78, 5) is 16.6. The Hall–Kier alpha value is -3.48. The molecule has 0 unspecified atom stereocenters. The summed E-state index contributed by atoms with van der Waals surface area (Å²) >= 11 is 0.736. The molecule has 2 aromatic carbocycles. The number of hydrogen-bond donors (Lipinski definition) is 2. The maximum atomic E-state index is 12.6. The lowest BCUT2D eigenvalue weighted by Crippen LogP contribution is -2.23. The van der Waals surface area contributed by atoms with Crippen LogP contribution in [0, 0.1) is 6.92 Å². The van der Waals surface area contributed by atoms with Gasteiger partial charge in [-0.2, -0.15) is 9.71 Å². The van der Waals surface area contributed by atoms with E-state index in [2.05, 4.69) is 51.1 Å². The van der Waals surface area contributed by atoms with Crippen molar-refractivity contribution in [1.29, 1.82) is 0 Å². The SMILES string of the molecule is Cc1cccc(C(=O)Nc2nnc(S(=O)(=O)NCc3nc(-c4ccc(C(C)(C)C)cc4)no3)s2)c1. The monoisotopic (exact) mass is 512 g/mol. The van der Waals surface area contributed by atoms with Gasteiger partial charge in [0.2, 0.25) is 21.2 Å². The third-order valence-corrected chi connectivity index (χ3v) is 7.64. The molecule has 0 aliphatic carbocycles. The smallest absolute Gasteiger partial charge is 0.270 e. The highest BCUT2D eigenvalue weighted by atomic mass is 32.2.